The van der Waals surface area contributed by atoms with Crippen molar-refractivity contribution in [3.63, 3.8) is 0 Å². The van der Waals surface area contributed by atoms with E-state index in [4.69, 9.17) is 9.26 Å². The number of amides is 2. The first-order valence-electron chi connectivity index (χ1n) is 5.40. The molecule has 94 valence electrons. The first-order chi connectivity index (χ1) is 8.74. The Morgan fingerprint density at radius 3 is 2.83 bits per heavy atom. The number of aromatic nitrogens is 1. The van der Waals surface area contributed by atoms with E-state index in [9.17, 15) is 4.79 Å². The molecular weight excluding hydrogens is 234 g/mol. The van der Waals surface area contributed by atoms with Crippen LogP contribution >= 0.6 is 0 Å². The second-order valence-electron chi connectivity index (χ2n) is 3.56. The minimum atomic E-state index is -0.403. The minimum absolute atomic E-state index is 0.0761. The zero-order valence-electron chi connectivity index (χ0n) is 9.84. The van der Waals surface area contributed by atoms with Crippen molar-refractivity contribution < 1.29 is 14.1 Å². The molecule has 2 N–H and O–H groups in total. The fourth-order valence-corrected chi connectivity index (χ4v) is 1.29. The highest BCUT2D eigenvalue weighted by Gasteiger charge is 2.04. The number of hydrogen-bond donors (Lipinski definition) is 2. The number of rotatable bonds is 4. The molecule has 0 unspecified atom stereocenters. The molecule has 0 saturated heterocycles. The van der Waals surface area contributed by atoms with Crippen LogP contribution in [0.4, 0.5) is 10.6 Å². The van der Waals surface area contributed by atoms with Crippen LogP contribution in [0.1, 0.15) is 5.76 Å². The number of carbonyl (C=O) groups is 1. The molecule has 0 aliphatic heterocycles. The number of anilines is 1. The molecule has 2 rings (SSSR count). The fraction of sp³-hybridized carbons (Fsp3) is 0.167. The summed E-state index contributed by atoms with van der Waals surface area (Å²) in [5.74, 6) is 1.69. The molecule has 0 fully saturated rings. The van der Waals surface area contributed by atoms with Gasteiger partial charge in [0, 0.05) is 6.07 Å². The second kappa shape index (κ2) is 5.72. The highest BCUT2D eigenvalue weighted by Crippen LogP contribution is 2.08. The number of nitrogens with one attached hydrogen (secondary N) is 2. The van der Waals surface area contributed by atoms with Crippen LogP contribution in [-0.2, 0) is 0 Å². The molecule has 2 amide bonds. The zero-order valence-corrected chi connectivity index (χ0v) is 9.84. The molecule has 18 heavy (non-hydrogen) atoms. The molecule has 1 heterocycles. The quantitative estimate of drug-likeness (QED) is 0.811. The SMILES string of the molecule is Cc1cc(NC(=O)NCOc2ccccc2)no1. The van der Waals surface area contributed by atoms with Gasteiger partial charge in [-0.1, -0.05) is 23.4 Å². The topological polar surface area (TPSA) is 76.4 Å². The molecule has 0 atom stereocenters. The molecule has 2 aromatic rings. The van der Waals surface area contributed by atoms with E-state index in [1.54, 1.807) is 25.1 Å². The standard InChI is InChI=1S/C12H13N3O3/c1-9-7-11(15-18-9)14-12(16)13-8-17-10-5-3-2-4-6-10/h2-7H,8H2,1H3,(H2,13,14,15,16). The highest BCUT2D eigenvalue weighted by atomic mass is 16.5. The number of nitrogens with zero attached hydrogens (tertiary/aromatic N) is 1. The molecule has 0 bridgehead atoms. The summed E-state index contributed by atoms with van der Waals surface area (Å²) >= 11 is 0. The van der Waals surface area contributed by atoms with Crippen LogP contribution in [0.25, 0.3) is 0 Å². The first-order valence-corrected chi connectivity index (χ1v) is 5.40. The summed E-state index contributed by atoms with van der Waals surface area (Å²) in [6, 6.07) is 10.4. The zero-order chi connectivity index (χ0) is 12.8. The average Bonchev–Trinajstić information content (AvgIpc) is 2.76. The summed E-state index contributed by atoms with van der Waals surface area (Å²) in [7, 11) is 0. The largest absolute Gasteiger partial charge is 0.473 e. The Labute approximate surface area is 104 Å². The second-order valence-corrected chi connectivity index (χ2v) is 3.56. The van der Waals surface area contributed by atoms with Crippen molar-refractivity contribution in [1.82, 2.24) is 10.5 Å². The van der Waals surface area contributed by atoms with Crippen molar-refractivity contribution in [1.29, 1.82) is 0 Å². The Morgan fingerprint density at radius 2 is 2.17 bits per heavy atom. The van der Waals surface area contributed by atoms with Crippen LogP contribution in [0, 0.1) is 6.92 Å². The van der Waals surface area contributed by atoms with Gasteiger partial charge in [0.2, 0.25) is 0 Å². The number of benzene rings is 1. The number of urea groups is 1. The predicted octanol–water partition coefficient (Wildman–Crippen LogP) is 2.14. The third-order valence-electron chi connectivity index (χ3n) is 2.08. The average molecular weight is 247 g/mol. The van der Waals surface area contributed by atoms with Gasteiger partial charge < -0.3 is 14.6 Å². The van der Waals surface area contributed by atoms with Crippen LogP contribution in [0.3, 0.4) is 0 Å². The van der Waals surface area contributed by atoms with Gasteiger partial charge in [-0.25, -0.2) is 4.79 Å². The Hall–Kier alpha value is -2.50. The van der Waals surface area contributed by atoms with Gasteiger partial charge in [0.25, 0.3) is 0 Å². The Kier molecular flexibility index (Phi) is 3.80. The molecule has 1 aromatic heterocycles. The minimum Gasteiger partial charge on any atom is -0.473 e. The molecule has 6 nitrogen and oxygen atoms in total. The molecule has 0 aliphatic rings. The van der Waals surface area contributed by atoms with Crippen LogP contribution < -0.4 is 15.4 Å². The maximum absolute atomic E-state index is 11.4. The van der Waals surface area contributed by atoms with Crippen molar-refractivity contribution in [3.8, 4) is 5.75 Å². The molecular formula is C12H13N3O3. The maximum Gasteiger partial charge on any atom is 0.323 e. The van der Waals surface area contributed by atoms with Crippen molar-refractivity contribution in [3.05, 3.63) is 42.2 Å². The summed E-state index contributed by atoms with van der Waals surface area (Å²) in [6.45, 7) is 1.82. The number of para-hydroxylation sites is 1. The predicted molar refractivity (Wildman–Crippen MR) is 65.3 cm³/mol. The smallest absolute Gasteiger partial charge is 0.323 e. The number of aryl methyl sites for hydroxylation is 1. The molecule has 0 saturated carbocycles. The van der Waals surface area contributed by atoms with Crippen molar-refractivity contribution in [2.75, 3.05) is 12.0 Å². The Bertz CT molecular complexity index is 510. The van der Waals surface area contributed by atoms with E-state index in [2.05, 4.69) is 15.8 Å². The third kappa shape index (κ3) is 3.51. The van der Waals surface area contributed by atoms with Gasteiger partial charge in [-0.2, -0.15) is 0 Å². The highest BCUT2D eigenvalue weighted by molar-refractivity contribution is 5.87. The summed E-state index contributed by atoms with van der Waals surface area (Å²) in [5, 5.41) is 8.68. The lowest BCUT2D eigenvalue weighted by Gasteiger charge is -2.07. The van der Waals surface area contributed by atoms with E-state index in [1.165, 1.54) is 0 Å². The van der Waals surface area contributed by atoms with E-state index in [1.807, 2.05) is 18.2 Å². The number of ether oxygens (including phenoxy) is 1. The lowest BCUT2D eigenvalue weighted by Crippen LogP contribution is -2.32. The van der Waals surface area contributed by atoms with Crippen LogP contribution in [0.5, 0.6) is 5.75 Å². The molecule has 1 aromatic carbocycles. The van der Waals surface area contributed by atoms with Gasteiger partial charge in [-0.05, 0) is 19.1 Å². The van der Waals surface area contributed by atoms with Crippen molar-refractivity contribution in [2.24, 2.45) is 0 Å². The molecule has 0 radical (unpaired) electrons. The van der Waals surface area contributed by atoms with Crippen LogP contribution in [-0.4, -0.2) is 17.9 Å². The van der Waals surface area contributed by atoms with Gasteiger partial charge in [0.05, 0.1) is 0 Å². The number of carbonyl (C=O) groups excluding carboxylic acids is 1. The van der Waals surface area contributed by atoms with Crippen molar-refractivity contribution in [2.45, 2.75) is 6.92 Å². The normalized spacial score (nSPS) is 9.83. The third-order valence-corrected chi connectivity index (χ3v) is 2.08. The van der Waals surface area contributed by atoms with Gasteiger partial charge in [-0.15, -0.1) is 0 Å². The molecule has 6 heteroatoms. The van der Waals surface area contributed by atoms with E-state index in [0.717, 1.165) is 0 Å². The van der Waals surface area contributed by atoms with Crippen molar-refractivity contribution >= 4 is 11.8 Å². The van der Waals surface area contributed by atoms with Crippen LogP contribution in [0.2, 0.25) is 0 Å². The number of hydrogen-bond acceptors (Lipinski definition) is 4. The van der Waals surface area contributed by atoms with Gasteiger partial charge in [-0.3, -0.25) is 5.32 Å². The summed E-state index contributed by atoms with van der Waals surface area (Å²) < 4.78 is 10.1. The maximum atomic E-state index is 11.4. The first kappa shape index (κ1) is 12.0. The fourth-order valence-electron chi connectivity index (χ4n) is 1.29. The van der Waals surface area contributed by atoms with Gasteiger partial charge in [0.1, 0.15) is 11.5 Å². The Morgan fingerprint density at radius 1 is 1.39 bits per heavy atom. The Balaban J connectivity index is 1.72. The van der Waals surface area contributed by atoms with Gasteiger partial charge in [0.15, 0.2) is 12.5 Å². The monoisotopic (exact) mass is 247 g/mol. The van der Waals surface area contributed by atoms with E-state index >= 15 is 0 Å². The van der Waals surface area contributed by atoms with E-state index in [-0.39, 0.29) is 6.73 Å². The summed E-state index contributed by atoms with van der Waals surface area (Å²) in [4.78, 5) is 11.4. The van der Waals surface area contributed by atoms with Gasteiger partial charge >= 0.3 is 6.03 Å². The summed E-state index contributed by atoms with van der Waals surface area (Å²) in [6.07, 6.45) is 0. The molecule has 0 aliphatic carbocycles. The lowest BCUT2D eigenvalue weighted by atomic mass is 10.3. The lowest BCUT2D eigenvalue weighted by molar-refractivity contribution is 0.234. The van der Waals surface area contributed by atoms with E-state index in [0.29, 0.717) is 17.3 Å². The van der Waals surface area contributed by atoms with E-state index < -0.39 is 6.03 Å². The van der Waals surface area contributed by atoms with Crippen LogP contribution in [0.15, 0.2) is 40.9 Å². The molecule has 0 spiro atoms. The summed E-state index contributed by atoms with van der Waals surface area (Å²) in [5.41, 5.74) is 0.